The molecule has 1 aromatic heterocycles. The zero-order valence-electron chi connectivity index (χ0n) is 14.4. The molecular formula is C18H24N2O3S. The van der Waals surface area contributed by atoms with E-state index < -0.39 is 11.9 Å². The molecule has 2 N–H and O–H groups in total. The maximum atomic E-state index is 12.5. The van der Waals surface area contributed by atoms with Gasteiger partial charge in [-0.15, -0.1) is 11.3 Å². The second kappa shape index (κ2) is 6.31. The van der Waals surface area contributed by atoms with Crippen molar-refractivity contribution in [3.63, 3.8) is 0 Å². The number of piperidine rings is 1. The van der Waals surface area contributed by atoms with E-state index >= 15 is 0 Å². The van der Waals surface area contributed by atoms with Gasteiger partial charge in [0.25, 0.3) is 5.91 Å². The molecule has 130 valence electrons. The van der Waals surface area contributed by atoms with Gasteiger partial charge in [0.2, 0.25) is 11.8 Å². The highest BCUT2D eigenvalue weighted by Crippen LogP contribution is 2.40. The van der Waals surface area contributed by atoms with Crippen LogP contribution < -0.4 is 10.6 Å². The standard InChI is InChI=1S/C18H24N2O3S/c1-18(2,3)11-4-6-13-10(8-11)9-14(24-13)17(23)19-12-5-7-15(21)20-16(12)22/h9,11-12H,4-8H2,1-3H3,(H,19,23)(H,20,21,22)/t11-,12-/m1/s1. The van der Waals surface area contributed by atoms with E-state index in [9.17, 15) is 14.4 Å². The Bertz CT molecular complexity index is 687. The molecule has 1 aromatic rings. The highest BCUT2D eigenvalue weighted by atomic mass is 32.1. The van der Waals surface area contributed by atoms with Crippen molar-refractivity contribution in [1.29, 1.82) is 0 Å². The molecule has 2 aliphatic rings. The summed E-state index contributed by atoms with van der Waals surface area (Å²) in [6.07, 6.45) is 3.83. The van der Waals surface area contributed by atoms with Gasteiger partial charge in [-0.2, -0.15) is 0 Å². The van der Waals surface area contributed by atoms with Crippen molar-refractivity contribution in [2.75, 3.05) is 0 Å². The van der Waals surface area contributed by atoms with Gasteiger partial charge in [0, 0.05) is 11.3 Å². The Morgan fingerprint density at radius 3 is 2.67 bits per heavy atom. The summed E-state index contributed by atoms with van der Waals surface area (Å²) in [7, 11) is 0. The van der Waals surface area contributed by atoms with Crippen molar-refractivity contribution in [2.24, 2.45) is 11.3 Å². The second-order valence-corrected chi connectivity index (χ2v) is 8.98. The van der Waals surface area contributed by atoms with Crippen molar-refractivity contribution < 1.29 is 14.4 Å². The molecule has 3 amide bonds. The van der Waals surface area contributed by atoms with Gasteiger partial charge >= 0.3 is 0 Å². The van der Waals surface area contributed by atoms with Crippen LogP contribution in [0.3, 0.4) is 0 Å². The number of thiophene rings is 1. The first kappa shape index (κ1) is 17.1. The zero-order chi connectivity index (χ0) is 17.5. The molecule has 2 heterocycles. The quantitative estimate of drug-likeness (QED) is 0.806. The summed E-state index contributed by atoms with van der Waals surface area (Å²) in [4.78, 5) is 37.4. The van der Waals surface area contributed by atoms with Crippen LogP contribution in [-0.2, 0) is 22.4 Å². The number of aryl methyl sites for hydroxylation is 1. The molecule has 0 unspecified atom stereocenters. The van der Waals surface area contributed by atoms with Crippen LogP contribution in [0.5, 0.6) is 0 Å². The van der Waals surface area contributed by atoms with Crippen molar-refractivity contribution >= 4 is 29.1 Å². The summed E-state index contributed by atoms with van der Waals surface area (Å²) >= 11 is 1.54. The van der Waals surface area contributed by atoms with Gasteiger partial charge in [-0.25, -0.2) is 0 Å². The molecule has 0 radical (unpaired) electrons. The van der Waals surface area contributed by atoms with E-state index in [-0.39, 0.29) is 23.7 Å². The molecule has 0 aromatic carbocycles. The maximum absolute atomic E-state index is 12.5. The van der Waals surface area contributed by atoms with E-state index in [0.717, 1.165) is 19.3 Å². The van der Waals surface area contributed by atoms with Crippen molar-refractivity contribution in [3.8, 4) is 0 Å². The van der Waals surface area contributed by atoms with E-state index in [1.54, 1.807) is 0 Å². The van der Waals surface area contributed by atoms with Crippen LogP contribution >= 0.6 is 11.3 Å². The van der Waals surface area contributed by atoms with Crippen molar-refractivity contribution in [3.05, 3.63) is 21.4 Å². The lowest BCUT2D eigenvalue weighted by Crippen LogP contribution is -2.52. The summed E-state index contributed by atoms with van der Waals surface area (Å²) in [5, 5.41) is 5.03. The van der Waals surface area contributed by atoms with E-state index in [0.29, 0.717) is 17.2 Å². The molecular weight excluding hydrogens is 324 g/mol. The number of rotatable bonds is 2. The van der Waals surface area contributed by atoms with Crippen LogP contribution in [0.25, 0.3) is 0 Å². The van der Waals surface area contributed by atoms with Gasteiger partial charge < -0.3 is 5.32 Å². The highest BCUT2D eigenvalue weighted by Gasteiger charge is 2.32. The minimum atomic E-state index is -0.614. The minimum absolute atomic E-state index is 0.212. The van der Waals surface area contributed by atoms with Gasteiger partial charge in [0.05, 0.1) is 4.88 Å². The van der Waals surface area contributed by atoms with Gasteiger partial charge in [-0.05, 0) is 48.6 Å². The van der Waals surface area contributed by atoms with Crippen molar-refractivity contribution in [1.82, 2.24) is 10.6 Å². The Morgan fingerprint density at radius 1 is 1.25 bits per heavy atom. The highest BCUT2D eigenvalue weighted by molar-refractivity contribution is 7.14. The SMILES string of the molecule is CC(C)(C)[C@@H]1CCc2sc(C(=O)N[C@@H]3CCC(=O)NC3=O)cc2C1. The predicted octanol–water partition coefficient (Wildman–Crippen LogP) is 2.43. The molecule has 0 spiro atoms. The summed E-state index contributed by atoms with van der Waals surface area (Å²) in [6.45, 7) is 6.81. The van der Waals surface area contributed by atoms with Gasteiger partial charge in [-0.1, -0.05) is 20.8 Å². The van der Waals surface area contributed by atoms with Crippen molar-refractivity contribution in [2.45, 2.75) is 58.9 Å². The Morgan fingerprint density at radius 2 is 2.00 bits per heavy atom. The maximum Gasteiger partial charge on any atom is 0.262 e. The van der Waals surface area contributed by atoms with Gasteiger partial charge in [0.15, 0.2) is 0 Å². The topological polar surface area (TPSA) is 75.3 Å². The number of imide groups is 1. The third-order valence-corrected chi connectivity index (χ3v) is 6.31. The zero-order valence-corrected chi connectivity index (χ0v) is 15.2. The molecule has 24 heavy (non-hydrogen) atoms. The molecule has 1 aliphatic heterocycles. The molecule has 1 aliphatic carbocycles. The first-order valence-corrected chi connectivity index (χ1v) is 9.32. The smallest absolute Gasteiger partial charge is 0.262 e. The lowest BCUT2D eigenvalue weighted by molar-refractivity contribution is -0.134. The molecule has 1 fully saturated rings. The summed E-state index contributed by atoms with van der Waals surface area (Å²) in [5.41, 5.74) is 1.55. The monoisotopic (exact) mass is 348 g/mol. The van der Waals surface area contributed by atoms with E-state index in [4.69, 9.17) is 0 Å². The molecule has 0 bridgehead atoms. The summed E-state index contributed by atoms with van der Waals surface area (Å²) in [5.74, 6) is -0.263. The molecule has 3 rings (SSSR count). The van der Waals surface area contributed by atoms with Gasteiger partial charge in [-0.3, -0.25) is 19.7 Å². The first-order chi connectivity index (χ1) is 11.2. The van der Waals surface area contributed by atoms with Crippen LogP contribution in [0.1, 0.15) is 60.1 Å². The normalized spacial score (nSPS) is 24.3. The third kappa shape index (κ3) is 3.53. The van der Waals surface area contributed by atoms with Crippen LogP contribution in [0.4, 0.5) is 0 Å². The van der Waals surface area contributed by atoms with Gasteiger partial charge in [0.1, 0.15) is 6.04 Å². The number of carbonyl (C=O) groups excluding carboxylic acids is 3. The fourth-order valence-electron chi connectivity index (χ4n) is 3.44. The third-order valence-electron chi connectivity index (χ3n) is 5.08. The molecule has 1 saturated heterocycles. The number of nitrogens with one attached hydrogen (secondary N) is 2. The molecule has 6 heteroatoms. The van der Waals surface area contributed by atoms with Crippen LogP contribution in [0, 0.1) is 11.3 Å². The molecule has 5 nitrogen and oxygen atoms in total. The number of hydrogen-bond donors (Lipinski definition) is 2. The van der Waals surface area contributed by atoms with E-state index in [1.165, 1.54) is 21.8 Å². The molecule has 2 atom stereocenters. The summed E-state index contributed by atoms with van der Waals surface area (Å²) in [6, 6.07) is 1.37. The lowest BCUT2D eigenvalue weighted by Gasteiger charge is -2.33. The Balaban J connectivity index is 1.68. The number of fused-ring (bicyclic) bond motifs is 1. The van der Waals surface area contributed by atoms with E-state index in [1.807, 2.05) is 6.07 Å². The average molecular weight is 348 g/mol. The predicted molar refractivity (Wildman–Crippen MR) is 92.9 cm³/mol. The second-order valence-electron chi connectivity index (χ2n) is 7.84. The fraction of sp³-hybridized carbons (Fsp3) is 0.611. The Labute approximate surface area is 146 Å². The number of amides is 3. The molecule has 0 saturated carbocycles. The Hall–Kier alpha value is -1.69. The number of hydrogen-bond acceptors (Lipinski definition) is 4. The van der Waals surface area contributed by atoms with E-state index in [2.05, 4.69) is 31.4 Å². The fourth-order valence-corrected chi connectivity index (χ4v) is 4.55. The number of carbonyl (C=O) groups is 3. The van der Waals surface area contributed by atoms with Crippen LogP contribution in [-0.4, -0.2) is 23.8 Å². The largest absolute Gasteiger partial charge is 0.340 e. The Kier molecular flexibility index (Phi) is 4.51. The minimum Gasteiger partial charge on any atom is -0.340 e. The first-order valence-electron chi connectivity index (χ1n) is 8.50. The summed E-state index contributed by atoms with van der Waals surface area (Å²) < 4.78 is 0. The van der Waals surface area contributed by atoms with Crippen LogP contribution in [0.2, 0.25) is 0 Å². The van der Waals surface area contributed by atoms with Crippen LogP contribution in [0.15, 0.2) is 6.07 Å². The lowest BCUT2D eigenvalue weighted by atomic mass is 9.72. The average Bonchev–Trinajstić information content (AvgIpc) is 2.92.